The minimum Gasteiger partial charge on any atom is -0.489 e. The molecule has 1 atom stereocenters. The first-order valence-corrected chi connectivity index (χ1v) is 11.4. The number of fused-ring (bicyclic) bond motifs is 1. The van der Waals surface area contributed by atoms with E-state index in [9.17, 15) is 9.59 Å². The molecule has 2 aromatic rings. The van der Waals surface area contributed by atoms with Crippen molar-refractivity contribution in [2.75, 3.05) is 18.5 Å². The van der Waals surface area contributed by atoms with Crippen LogP contribution in [-0.4, -0.2) is 43.2 Å². The van der Waals surface area contributed by atoms with Crippen LogP contribution in [0.3, 0.4) is 0 Å². The lowest BCUT2D eigenvalue weighted by Crippen LogP contribution is -2.50. The smallest absolute Gasteiger partial charge is 0.258 e. The lowest BCUT2D eigenvalue weighted by molar-refractivity contribution is -0.125. The van der Waals surface area contributed by atoms with Crippen molar-refractivity contribution >= 4 is 40.7 Å². The van der Waals surface area contributed by atoms with Crippen molar-refractivity contribution in [3.63, 3.8) is 0 Å². The Morgan fingerprint density at radius 2 is 1.62 bits per heavy atom. The van der Waals surface area contributed by atoms with E-state index < -0.39 is 6.04 Å². The maximum absolute atomic E-state index is 12.7. The van der Waals surface area contributed by atoms with Gasteiger partial charge in [0.05, 0.1) is 5.69 Å². The van der Waals surface area contributed by atoms with Crippen LogP contribution >= 0.6 is 23.2 Å². The number of anilines is 1. The van der Waals surface area contributed by atoms with Crippen molar-refractivity contribution in [2.24, 2.45) is 0 Å². The molecule has 1 unspecified atom stereocenters. The van der Waals surface area contributed by atoms with Gasteiger partial charge in [-0.05, 0) is 68.1 Å². The number of halogens is 2. The van der Waals surface area contributed by atoms with Crippen molar-refractivity contribution < 1.29 is 19.1 Å². The molecule has 9 heteroatoms. The SMILES string of the molecule is O=C(COc1ccc(Cl)cc1)NC1CCC(NC(=O)C2COc3ccc(Cl)cc3N2)CC1. The first-order valence-electron chi connectivity index (χ1n) is 10.6. The van der Waals surface area contributed by atoms with Crippen LogP contribution in [0.15, 0.2) is 42.5 Å². The van der Waals surface area contributed by atoms with Gasteiger partial charge in [-0.3, -0.25) is 9.59 Å². The van der Waals surface area contributed by atoms with E-state index in [4.69, 9.17) is 32.7 Å². The number of ether oxygens (including phenoxy) is 2. The van der Waals surface area contributed by atoms with Gasteiger partial charge in [-0.15, -0.1) is 0 Å². The Hall–Kier alpha value is -2.64. The standard InChI is InChI=1S/C23H25Cl2N3O4/c24-14-1-8-18(9-2-14)31-13-22(29)26-16-4-6-17(7-5-16)27-23(30)20-12-32-21-10-3-15(25)11-19(21)28-20/h1-3,8-11,16-17,20,28H,4-7,12-13H2,(H,26,29)(H,27,30). The van der Waals surface area contributed by atoms with E-state index in [1.54, 1.807) is 42.5 Å². The summed E-state index contributed by atoms with van der Waals surface area (Å²) >= 11 is 11.9. The summed E-state index contributed by atoms with van der Waals surface area (Å²) in [6.45, 7) is 0.219. The average molecular weight is 478 g/mol. The molecule has 2 aromatic carbocycles. The van der Waals surface area contributed by atoms with Gasteiger partial charge in [0.1, 0.15) is 24.1 Å². The Morgan fingerprint density at radius 3 is 2.34 bits per heavy atom. The zero-order chi connectivity index (χ0) is 22.5. The minimum atomic E-state index is -0.469. The van der Waals surface area contributed by atoms with Gasteiger partial charge in [0.2, 0.25) is 5.91 Å². The van der Waals surface area contributed by atoms with Gasteiger partial charge >= 0.3 is 0 Å². The van der Waals surface area contributed by atoms with E-state index in [0.717, 1.165) is 31.4 Å². The minimum absolute atomic E-state index is 0.0445. The van der Waals surface area contributed by atoms with Crippen molar-refractivity contribution in [1.29, 1.82) is 0 Å². The molecule has 1 fully saturated rings. The largest absolute Gasteiger partial charge is 0.489 e. The van der Waals surface area contributed by atoms with Crippen LogP contribution in [0.2, 0.25) is 10.0 Å². The highest BCUT2D eigenvalue weighted by atomic mass is 35.5. The number of benzene rings is 2. The second kappa shape index (κ2) is 10.3. The molecule has 1 aliphatic carbocycles. The predicted molar refractivity (Wildman–Crippen MR) is 124 cm³/mol. The molecule has 0 aromatic heterocycles. The van der Waals surface area contributed by atoms with E-state index in [2.05, 4.69) is 16.0 Å². The molecule has 4 rings (SSSR count). The third-order valence-corrected chi connectivity index (χ3v) is 6.10. The summed E-state index contributed by atoms with van der Waals surface area (Å²) in [5, 5.41) is 10.5. The molecular weight excluding hydrogens is 453 g/mol. The fraction of sp³-hybridized carbons (Fsp3) is 0.391. The van der Waals surface area contributed by atoms with Crippen LogP contribution in [0.25, 0.3) is 0 Å². The van der Waals surface area contributed by atoms with E-state index in [1.165, 1.54) is 0 Å². The molecule has 3 N–H and O–H groups in total. The maximum atomic E-state index is 12.7. The van der Waals surface area contributed by atoms with Crippen LogP contribution in [0, 0.1) is 0 Å². The first kappa shape index (κ1) is 22.6. The van der Waals surface area contributed by atoms with Crippen LogP contribution in [-0.2, 0) is 9.59 Å². The number of amides is 2. The highest BCUT2D eigenvalue weighted by molar-refractivity contribution is 6.31. The van der Waals surface area contributed by atoms with Gasteiger partial charge in [-0.2, -0.15) is 0 Å². The fourth-order valence-corrected chi connectivity index (χ4v) is 4.22. The molecule has 32 heavy (non-hydrogen) atoms. The summed E-state index contributed by atoms with van der Waals surface area (Å²) < 4.78 is 11.2. The lowest BCUT2D eigenvalue weighted by atomic mass is 9.91. The molecule has 1 saturated carbocycles. The highest BCUT2D eigenvalue weighted by Gasteiger charge is 2.29. The van der Waals surface area contributed by atoms with Crippen molar-refractivity contribution in [2.45, 2.75) is 43.8 Å². The Bertz CT molecular complexity index is 962. The van der Waals surface area contributed by atoms with E-state index in [1.807, 2.05) is 0 Å². The average Bonchev–Trinajstić information content (AvgIpc) is 2.79. The molecule has 0 spiro atoms. The van der Waals surface area contributed by atoms with Crippen molar-refractivity contribution in [3.8, 4) is 11.5 Å². The topological polar surface area (TPSA) is 88.7 Å². The maximum Gasteiger partial charge on any atom is 0.258 e. The van der Waals surface area contributed by atoms with Gasteiger partial charge in [-0.1, -0.05) is 23.2 Å². The summed E-state index contributed by atoms with van der Waals surface area (Å²) in [5.74, 6) is 1.03. The van der Waals surface area contributed by atoms with Crippen LogP contribution in [0.5, 0.6) is 11.5 Å². The number of rotatable bonds is 6. The Kier molecular flexibility index (Phi) is 7.27. The Balaban J connectivity index is 1.17. The first-order chi connectivity index (χ1) is 15.5. The second-order valence-electron chi connectivity index (χ2n) is 8.02. The molecule has 170 valence electrons. The molecule has 2 aliphatic rings. The van der Waals surface area contributed by atoms with E-state index >= 15 is 0 Å². The third kappa shape index (κ3) is 5.99. The van der Waals surface area contributed by atoms with E-state index in [0.29, 0.717) is 21.5 Å². The predicted octanol–water partition coefficient (Wildman–Crippen LogP) is 3.79. The second-order valence-corrected chi connectivity index (χ2v) is 8.89. The molecule has 7 nitrogen and oxygen atoms in total. The molecule has 0 saturated heterocycles. The fourth-order valence-electron chi connectivity index (χ4n) is 3.92. The van der Waals surface area contributed by atoms with Crippen molar-refractivity contribution in [1.82, 2.24) is 10.6 Å². The molecule has 1 heterocycles. The number of nitrogens with one attached hydrogen (secondary N) is 3. The van der Waals surface area contributed by atoms with Gasteiger partial charge < -0.3 is 25.4 Å². The monoisotopic (exact) mass is 477 g/mol. The highest BCUT2D eigenvalue weighted by Crippen LogP contribution is 2.31. The molecule has 0 bridgehead atoms. The van der Waals surface area contributed by atoms with Crippen molar-refractivity contribution in [3.05, 3.63) is 52.5 Å². The number of carbonyl (C=O) groups is 2. The molecule has 1 aliphatic heterocycles. The number of hydrogen-bond acceptors (Lipinski definition) is 5. The summed E-state index contributed by atoms with van der Waals surface area (Å²) in [6.07, 6.45) is 3.19. The zero-order valence-corrected chi connectivity index (χ0v) is 18.9. The summed E-state index contributed by atoms with van der Waals surface area (Å²) in [7, 11) is 0. The number of carbonyl (C=O) groups excluding carboxylic acids is 2. The van der Waals surface area contributed by atoms with Gasteiger partial charge in [0, 0.05) is 22.1 Å². The molecule has 0 radical (unpaired) electrons. The van der Waals surface area contributed by atoms with Crippen LogP contribution < -0.4 is 25.4 Å². The Morgan fingerprint density at radius 1 is 0.969 bits per heavy atom. The van der Waals surface area contributed by atoms with Gasteiger partial charge in [0.15, 0.2) is 6.61 Å². The third-order valence-electron chi connectivity index (χ3n) is 5.62. The van der Waals surface area contributed by atoms with Gasteiger partial charge in [0.25, 0.3) is 5.91 Å². The normalized spacial score (nSPS) is 22.0. The van der Waals surface area contributed by atoms with E-state index in [-0.39, 0.29) is 37.1 Å². The Labute approximate surface area is 196 Å². The number of hydrogen-bond donors (Lipinski definition) is 3. The quantitative estimate of drug-likeness (QED) is 0.588. The van der Waals surface area contributed by atoms with Gasteiger partial charge in [-0.25, -0.2) is 0 Å². The molecular formula is C23H25Cl2N3O4. The zero-order valence-electron chi connectivity index (χ0n) is 17.4. The van der Waals surface area contributed by atoms with Crippen LogP contribution in [0.1, 0.15) is 25.7 Å². The summed E-state index contributed by atoms with van der Waals surface area (Å²) in [6, 6.07) is 11.9. The van der Waals surface area contributed by atoms with Crippen LogP contribution in [0.4, 0.5) is 5.69 Å². The molecule has 2 amide bonds. The lowest BCUT2D eigenvalue weighted by Gasteiger charge is -2.32. The summed E-state index contributed by atoms with van der Waals surface area (Å²) in [5.41, 5.74) is 0.719. The summed E-state index contributed by atoms with van der Waals surface area (Å²) in [4.78, 5) is 24.9.